The molecule has 0 unspecified atom stereocenters. The van der Waals surface area contributed by atoms with E-state index in [1.165, 1.54) is 5.56 Å². The van der Waals surface area contributed by atoms with Crippen LogP contribution in [-0.4, -0.2) is 24.7 Å². The van der Waals surface area contributed by atoms with E-state index in [0.29, 0.717) is 30.0 Å². The van der Waals surface area contributed by atoms with Crippen molar-refractivity contribution < 1.29 is 14.1 Å². The van der Waals surface area contributed by atoms with Crippen molar-refractivity contribution in [3.63, 3.8) is 0 Å². The molecule has 3 aromatic rings. The van der Waals surface area contributed by atoms with E-state index in [0.717, 1.165) is 16.9 Å². The molecule has 3 rings (SSSR count). The summed E-state index contributed by atoms with van der Waals surface area (Å²) in [6, 6.07) is 15.9. The minimum Gasteiger partial charge on any atom is -0.497 e. The molecular weight excluding hydrogens is 364 g/mol. The van der Waals surface area contributed by atoms with E-state index in [-0.39, 0.29) is 11.3 Å². The highest BCUT2D eigenvalue weighted by atomic mass is 16.5. The summed E-state index contributed by atoms with van der Waals surface area (Å²) < 4.78 is 10.7. The normalized spacial score (nSPS) is 11.3. The highest BCUT2D eigenvalue weighted by Gasteiger charge is 2.22. The summed E-state index contributed by atoms with van der Waals surface area (Å²) in [6.45, 7) is 8.80. The maximum absolute atomic E-state index is 12.8. The second-order valence-electron chi connectivity index (χ2n) is 8.16. The summed E-state index contributed by atoms with van der Waals surface area (Å²) in [4.78, 5) is 12.8. The lowest BCUT2D eigenvalue weighted by molar-refractivity contribution is 0.0954. The molecule has 1 amide bonds. The number of nitrogens with zero attached hydrogens (tertiary/aromatic N) is 1. The molecule has 29 heavy (non-hydrogen) atoms. The first-order valence-corrected chi connectivity index (χ1v) is 9.78. The third-order valence-corrected chi connectivity index (χ3v) is 4.94. The van der Waals surface area contributed by atoms with Crippen LogP contribution in [0.25, 0.3) is 11.3 Å². The summed E-state index contributed by atoms with van der Waals surface area (Å²) in [5.74, 6) is 1.13. The van der Waals surface area contributed by atoms with Crippen LogP contribution in [0.15, 0.2) is 53.1 Å². The van der Waals surface area contributed by atoms with E-state index in [1.54, 1.807) is 14.0 Å². The topological polar surface area (TPSA) is 64.4 Å². The van der Waals surface area contributed by atoms with Gasteiger partial charge in [0.2, 0.25) is 0 Å². The summed E-state index contributed by atoms with van der Waals surface area (Å²) in [5, 5.41) is 7.00. The molecule has 0 saturated heterocycles. The quantitative estimate of drug-likeness (QED) is 0.646. The highest BCUT2D eigenvalue weighted by molar-refractivity contribution is 6.00. The fourth-order valence-corrected chi connectivity index (χ4v) is 3.19. The van der Waals surface area contributed by atoms with Crippen molar-refractivity contribution in [1.82, 2.24) is 10.5 Å². The van der Waals surface area contributed by atoms with Crippen molar-refractivity contribution in [3.8, 4) is 17.1 Å². The lowest BCUT2D eigenvalue weighted by Gasteiger charge is -2.18. The van der Waals surface area contributed by atoms with Crippen LogP contribution < -0.4 is 10.1 Å². The first kappa shape index (κ1) is 20.6. The van der Waals surface area contributed by atoms with Crippen LogP contribution in [-0.2, 0) is 11.8 Å². The van der Waals surface area contributed by atoms with Crippen LogP contribution in [0.3, 0.4) is 0 Å². The SMILES string of the molecule is COc1cccc(CCNC(=O)c2c(C)noc2-c2ccc(C(C)(C)C)cc2)c1. The lowest BCUT2D eigenvalue weighted by Crippen LogP contribution is -2.26. The average Bonchev–Trinajstić information content (AvgIpc) is 3.09. The van der Waals surface area contributed by atoms with Gasteiger partial charge >= 0.3 is 0 Å². The molecule has 5 heteroatoms. The Hall–Kier alpha value is -3.08. The monoisotopic (exact) mass is 392 g/mol. The van der Waals surface area contributed by atoms with Gasteiger partial charge < -0.3 is 14.6 Å². The number of methoxy groups -OCH3 is 1. The summed E-state index contributed by atoms with van der Waals surface area (Å²) >= 11 is 0. The fourth-order valence-electron chi connectivity index (χ4n) is 3.19. The van der Waals surface area contributed by atoms with Gasteiger partial charge in [-0.05, 0) is 42.0 Å². The summed E-state index contributed by atoms with van der Waals surface area (Å²) in [7, 11) is 1.64. The predicted octanol–water partition coefficient (Wildman–Crippen LogP) is 4.93. The average molecular weight is 392 g/mol. The molecule has 0 aliphatic rings. The van der Waals surface area contributed by atoms with Gasteiger partial charge in [-0.15, -0.1) is 0 Å². The zero-order valence-corrected chi connectivity index (χ0v) is 17.7. The molecule has 0 fully saturated rings. The molecule has 0 bridgehead atoms. The van der Waals surface area contributed by atoms with Crippen molar-refractivity contribution in [3.05, 3.63) is 70.9 Å². The Bertz CT molecular complexity index is 982. The zero-order valence-electron chi connectivity index (χ0n) is 17.7. The molecule has 0 aliphatic carbocycles. The molecule has 2 aromatic carbocycles. The molecular formula is C24H28N2O3. The van der Waals surface area contributed by atoms with Crippen LogP contribution in [0, 0.1) is 6.92 Å². The van der Waals surface area contributed by atoms with Crippen LogP contribution in [0.5, 0.6) is 5.75 Å². The Kier molecular flexibility index (Phi) is 6.06. The number of rotatable bonds is 6. The zero-order chi connectivity index (χ0) is 21.0. The van der Waals surface area contributed by atoms with Gasteiger partial charge in [-0.3, -0.25) is 4.79 Å². The maximum atomic E-state index is 12.8. The van der Waals surface area contributed by atoms with E-state index in [9.17, 15) is 4.79 Å². The second-order valence-corrected chi connectivity index (χ2v) is 8.16. The second kappa shape index (κ2) is 8.52. The van der Waals surface area contributed by atoms with Gasteiger partial charge in [0.15, 0.2) is 5.76 Å². The van der Waals surface area contributed by atoms with Crippen LogP contribution in [0.4, 0.5) is 0 Å². The number of aryl methyl sites for hydroxylation is 1. The van der Waals surface area contributed by atoms with E-state index >= 15 is 0 Å². The van der Waals surface area contributed by atoms with Crippen molar-refractivity contribution >= 4 is 5.91 Å². The van der Waals surface area contributed by atoms with Gasteiger partial charge in [-0.2, -0.15) is 0 Å². The van der Waals surface area contributed by atoms with Crippen LogP contribution in [0.1, 0.15) is 48.0 Å². The Morgan fingerprint density at radius 1 is 1.14 bits per heavy atom. The number of benzene rings is 2. The van der Waals surface area contributed by atoms with Crippen molar-refractivity contribution in [2.75, 3.05) is 13.7 Å². The Morgan fingerprint density at radius 2 is 1.86 bits per heavy atom. The molecule has 1 N–H and O–H groups in total. The number of aromatic nitrogens is 1. The number of hydrogen-bond donors (Lipinski definition) is 1. The third kappa shape index (κ3) is 4.86. The van der Waals surface area contributed by atoms with E-state index in [1.807, 2.05) is 36.4 Å². The number of carbonyl (C=O) groups excluding carboxylic acids is 1. The van der Waals surface area contributed by atoms with E-state index in [2.05, 4.69) is 43.4 Å². The molecule has 152 valence electrons. The van der Waals surface area contributed by atoms with Crippen molar-refractivity contribution in [2.24, 2.45) is 0 Å². The minimum absolute atomic E-state index is 0.0657. The number of hydrogen-bond acceptors (Lipinski definition) is 4. The van der Waals surface area contributed by atoms with Gasteiger partial charge in [0.25, 0.3) is 5.91 Å². The largest absolute Gasteiger partial charge is 0.497 e. The Balaban J connectivity index is 1.72. The Labute approximate surface area is 172 Å². The first-order valence-electron chi connectivity index (χ1n) is 9.78. The van der Waals surface area contributed by atoms with Crippen LogP contribution in [0.2, 0.25) is 0 Å². The standard InChI is InChI=1S/C24H28N2O3/c1-16-21(23(27)25-14-13-17-7-6-8-20(15-17)28-5)22(29-26-16)18-9-11-19(12-10-18)24(2,3)4/h6-12,15H,13-14H2,1-5H3,(H,25,27). The fraction of sp³-hybridized carbons (Fsp3) is 0.333. The minimum atomic E-state index is -0.179. The van der Waals surface area contributed by atoms with Gasteiger partial charge in [-0.1, -0.05) is 62.3 Å². The molecule has 0 atom stereocenters. The van der Waals surface area contributed by atoms with Gasteiger partial charge in [0.1, 0.15) is 11.3 Å². The summed E-state index contributed by atoms with van der Waals surface area (Å²) in [6.07, 6.45) is 0.711. The molecule has 0 saturated carbocycles. The number of ether oxygens (including phenoxy) is 1. The van der Waals surface area contributed by atoms with Gasteiger partial charge in [-0.25, -0.2) is 0 Å². The maximum Gasteiger partial charge on any atom is 0.257 e. The molecule has 0 radical (unpaired) electrons. The molecule has 1 aromatic heterocycles. The van der Waals surface area contributed by atoms with Gasteiger partial charge in [0, 0.05) is 12.1 Å². The number of nitrogens with one attached hydrogen (secondary N) is 1. The smallest absolute Gasteiger partial charge is 0.257 e. The molecule has 1 heterocycles. The molecule has 0 aliphatic heterocycles. The number of amides is 1. The highest BCUT2D eigenvalue weighted by Crippen LogP contribution is 2.29. The molecule has 0 spiro atoms. The first-order chi connectivity index (χ1) is 13.8. The third-order valence-electron chi connectivity index (χ3n) is 4.94. The predicted molar refractivity (Wildman–Crippen MR) is 114 cm³/mol. The Morgan fingerprint density at radius 3 is 2.52 bits per heavy atom. The number of carbonyl (C=O) groups is 1. The van der Waals surface area contributed by atoms with Crippen LogP contribution >= 0.6 is 0 Å². The van der Waals surface area contributed by atoms with Gasteiger partial charge in [0.05, 0.1) is 12.8 Å². The van der Waals surface area contributed by atoms with Crippen molar-refractivity contribution in [2.45, 2.75) is 39.5 Å². The van der Waals surface area contributed by atoms with Crippen molar-refractivity contribution in [1.29, 1.82) is 0 Å². The van der Waals surface area contributed by atoms with E-state index < -0.39 is 0 Å². The lowest BCUT2D eigenvalue weighted by atomic mass is 9.86. The summed E-state index contributed by atoms with van der Waals surface area (Å²) in [5.41, 5.74) is 4.30. The van der Waals surface area contributed by atoms with E-state index in [4.69, 9.17) is 9.26 Å². The molecule has 5 nitrogen and oxygen atoms in total.